The number of thiocarbonyl (C=S) groups is 1. The average molecular weight is 538 g/mol. The number of hydrogen-bond donors (Lipinski definition) is 2. The maximum Gasteiger partial charge on any atom is 0.226 e. The van der Waals surface area contributed by atoms with E-state index in [-0.39, 0.29) is 18.0 Å². The maximum atomic E-state index is 12.9. The summed E-state index contributed by atoms with van der Waals surface area (Å²) in [4.78, 5) is 19.8. The highest BCUT2D eigenvalue weighted by Crippen LogP contribution is 2.41. The molecule has 0 spiro atoms. The second-order valence-electron chi connectivity index (χ2n) is 10.5. The molecule has 1 aliphatic heterocycles. The van der Waals surface area contributed by atoms with E-state index in [9.17, 15) is 4.79 Å². The van der Waals surface area contributed by atoms with E-state index in [1.807, 2.05) is 55.6 Å². The molecule has 1 fully saturated rings. The number of aromatic nitrogens is 2. The van der Waals surface area contributed by atoms with Crippen molar-refractivity contribution in [3.8, 4) is 5.69 Å². The Labute approximate surface area is 236 Å². The molecular formula is C32H35N5OS. The van der Waals surface area contributed by atoms with Crippen LogP contribution < -0.4 is 10.6 Å². The number of hydrogen-bond acceptors (Lipinski definition) is 3. The van der Waals surface area contributed by atoms with E-state index in [0.717, 1.165) is 34.0 Å². The second kappa shape index (κ2) is 11.0. The molecule has 2 N–H and O–H groups in total. The van der Waals surface area contributed by atoms with Crippen molar-refractivity contribution in [2.24, 2.45) is 0 Å². The van der Waals surface area contributed by atoms with Crippen LogP contribution >= 0.6 is 12.2 Å². The van der Waals surface area contributed by atoms with Gasteiger partial charge in [0.15, 0.2) is 5.11 Å². The Morgan fingerprint density at radius 2 is 1.72 bits per heavy atom. The highest BCUT2D eigenvalue weighted by Gasteiger charge is 2.41. The highest BCUT2D eigenvalue weighted by molar-refractivity contribution is 7.80. The van der Waals surface area contributed by atoms with Gasteiger partial charge in [0, 0.05) is 41.9 Å². The maximum absolute atomic E-state index is 12.9. The monoisotopic (exact) mass is 537 g/mol. The summed E-state index contributed by atoms with van der Waals surface area (Å²) in [5, 5.41) is 7.18. The van der Waals surface area contributed by atoms with Gasteiger partial charge in [0.05, 0.1) is 17.8 Å². The Kier molecular flexibility index (Phi) is 7.53. The van der Waals surface area contributed by atoms with Crippen molar-refractivity contribution in [1.29, 1.82) is 0 Å². The van der Waals surface area contributed by atoms with E-state index in [0.29, 0.717) is 18.1 Å². The summed E-state index contributed by atoms with van der Waals surface area (Å²) in [5.41, 5.74) is 9.94. The van der Waals surface area contributed by atoms with Crippen LogP contribution in [0.1, 0.15) is 57.8 Å². The van der Waals surface area contributed by atoms with Crippen molar-refractivity contribution < 1.29 is 4.79 Å². The number of nitrogens with one attached hydrogen (secondary N) is 2. The zero-order chi connectivity index (χ0) is 27.7. The molecule has 3 heterocycles. The number of amides is 1. The lowest BCUT2D eigenvalue weighted by molar-refractivity contribution is -0.116. The van der Waals surface area contributed by atoms with Gasteiger partial charge >= 0.3 is 0 Å². The van der Waals surface area contributed by atoms with E-state index < -0.39 is 0 Å². The molecule has 0 saturated carbocycles. The third kappa shape index (κ3) is 5.59. The first-order valence-electron chi connectivity index (χ1n) is 13.3. The van der Waals surface area contributed by atoms with Gasteiger partial charge in [-0.25, -0.2) is 0 Å². The minimum absolute atomic E-state index is 0.0378. The van der Waals surface area contributed by atoms with E-state index in [4.69, 9.17) is 12.2 Å². The number of anilines is 1. The SMILES string of the molecule is Cc1cccc(NC(=O)CCN2C(=S)N[C@H](c3ccccn3)[C@@H]2c2cc(C)n(-c3cc(C)cc(C)c3)c2C)c1. The number of carbonyl (C=O) groups is 1. The van der Waals surface area contributed by atoms with E-state index in [1.54, 1.807) is 0 Å². The van der Waals surface area contributed by atoms with Crippen molar-refractivity contribution in [2.75, 3.05) is 11.9 Å². The standard InChI is InChI=1S/C32H35N5OS/c1-20-9-8-10-25(16-20)34-29(38)12-14-36-31(30(35-32(36)39)28-11-6-7-13-33-28)27-19-23(4)37(24(27)5)26-17-21(2)15-22(3)18-26/h6-11,13,15-19,30-31H,12,14H2,1-5H3,(H,34,38)(H,35,39)/t30-,31+/m1/s1. The molecule has 200 valence electrons. The number of nitrogens with zero attached hydrogens (tertiary/aromatic N) is 3. The topological polar surface area (TPSA) is 62.2 Å². The third-order valence-electron chi connectivity index (χ3n) is 7.33. The molecule has 0 radical (unpaired) electrons. The molecule has 6 nitrogen and oxygen atoms in total. The number of pyridine rings is 1. The van der Waals surface area contributed by atoms with Crippen LogP contribution in [0.2, 0.25) is 0 Å². The van der Waals surface area contributed by atoms with Crippen molar-refractivity contribution >= 4 is 28.9 Å². The predicted octanol–water partition coefficient (Wildman–Crippen LogP) is 6.42. The Balaban J connectivity index is 1.48. The summed E-state index contributed by atoms with van der Waals surface area (Å²) in [7, 11) is 0. The Hall–Kier alpha value is -3.97. The van der Waals surface area contributed by atoms with Crippen LogP contribution in [0, 0.1) is 34.6 Å². The third-order valence-corrected chi connectivity index (χ3v) is 7.69. The summed E-state index contributed by atoms with van der Waals surface area (Å²) < 4.78 is 2.31. The Bertz CT molecular complexity index is 1510. The van der Waals surface area contributed by atoms with E-state index in [1.165, 1.54) is 16.7 Å². The zero-order valence-corrected chi connectivity index (χ0v) is 24.0. The number of rotatable bonds is 7. The molecule has 1 saturated heterocycles. The molecule has 1 amide bonds. The number of aryl methyl sites for hydroxylation is 4. The van der Waals surface area contributed by atoms with Crippen LogP contribution in [0.4, 0.5) is 5.69 Å². The van der Waals surface area contributed by atoms with Crippen LogP contribution in [0.15, 0.2) is 72.9 Å². The minimum Gasteiger partial charge on any atom is -0.352 e. The largest absolute Gasteiger partial charge is 0.352 e. The quantitative estimate of drug-likeness (QED) is 0.267. The van der Waals surface area contributed by atoms with Crippen molar-refractivity contribution in [2.45, 2.75) is 53.1 Å². The lowest BCUT2D eigenvalue weighted by Crippen LogP contribution is -2.32. The molecule has 1 aliphatic rings. The van der Waals surface area contributed by atoms with Crippen LogP contribution in [-0.2, 0) is 4.79 Å². The summed E-state index contributed by atoms with van der Waals surface area (Å²) in [6.07, 6.45) is 2.13. The molecule has 2 aromatic carbocycles. The smallest absolute Gasteiger partial charge is 0.226 e. The van der Waals surface area contributed by atoms with E-state index >= 15 is 0 Å². The van der Waals surface area contributed by atoms with Gasteiger partial charge in [-0.3, -0.25) is 9.78 Å². The Morgan fingerprint density at radius 3 is 2.41 bits per heavy atom. The molecule has 39 heavy (non-hydrogen) atoms. The fourth-order valence-corrected chi connectivity index (χ4v) is 6.05. The van der Waals surface area contributed by atoms with Crippen molar-refractivity contribution in [1.82, 2.24) is 19.8 Å². The van der Waals surface area contributed by atoms with Crippen LogP contribution in [0.5, 0.6) is 0 Å². The second-order valence-corrected chi connectivity index (χ2v) is 10.9. The van der Waals surface area contributed by atoms with Gasteiger partial charge in [0.25, 0.3) is 0 Å². The summed E-state index contributed by atoms with van der Waals surface area (Å²) in [6, 6.07) is 22.4. The molecular weight excluding hydrogens is 502 g/mol. The molecule has 0 aliphatic carbocycles. The lowest BCUT2D eigenvalue weighted by Gasteiger charge is -2.28. The Morgan fingerprint density at radius 1 is 0.949 bits per heavy atom. The molecule has 0 bridgehead atoms. The normalized spacial score (nSPS) is 16.8. The zero-order valence-electron chi connectivity index (χ0n) is 23.2. The van der Waals surface area contributed by atoms with Gasteiger partial charge in [-0.15, -0.1) is 0 Å². The molecule has 7 heteroatoms. The van der Waals surface area contributed by atoms with Gasteiger partial charge in [0.2, 0.25) is 5.91 Å². The van der Waals surface area contributed by atoms with Gasteiger partial charge in [-0.1, -0.05) is 24.3 Å². The number of benzene rings is 2. The first kappa shape index (κ1) is 26.6. The van der Waals surface area contributed by atoms with Crippen LogP contribution in [0.3, 0.4) is 0 Å². The fraction of sp³-hybridized carbons (Fsp3) is 0.281. The van der Waals surface area contributed by atoms with Crippen molar-refractivity contribution in [3.05, 3.63) is 112 Å². The first-order chi connectivity index (χ1) is 18.7. The van der Waals surface area contributed by atoms with Gasteiger partial charge in [-0.05, 0) is 112 Å². The molecule has 2 atom stereocenters. The highest BCUT2D eigenvalue weighted by atomic mass is 32.1. The van der Waals surface area contributed by atoms with Crippen molar-refractivity contribution in [3.63, 3.8) is 0 Å². The molecule has 0 unspecified atom stereocenters. The summed E-state index contributed by atoms with van der Waals surface area (Å²) >= 11 is 5.85. The average Bonchev–Trinajstić information content (AvgIpc) is 3.37. The number of carbonyl (C=O) groups excluding carboxylic acids is 1. The van der Waals surface area contributed by atoms with Crippen LogP contribution in [0.25, 0.3) is 5.69 Å². The molecule has 4 aromatic rings. The fourth-order valence-electron chi connectivity index (χ4n) is 5.72. The van der Waals surface area contributed by atoms with Gasteiger partial charge in [-0.2, -0.15) is 0 Å². The minimum atomic E-state index is -0.133. The predicted molar refractivity (Wildman–Crippen MR) is 161 cm³/mol. The molecule has 5 rings (SSSR count). The summed E-state index contributed by atoms with van der Waals surface area (Å²) in [6.45, 7) is 11.1. The van der Waals surface area contributed by atoms with Gasteiger partial charge in [0.1, 0.15) is 0 Å². The van der Waals surface area contributed by atoms with Crippen LogP contribution in [-0.4, -0.2) is 32.0 Å². The summed E-state index contributed by atoms with van der Waals surface area (Å²) in [5.74, 6) is -0.0378. The lowest BCUT2D eigenvalue weighted by atomic mass is 9.96. The first-order valence-corrected chi connectivity index (χ1v) is 13.7. The van der Waals surface area contributed by atoms with Gasteiger partial charge < -0.3 is 20.1 Å². The van der Waals surface area contributed by atoms with E-state index in [2.05, 4.69) is 77.0 Å². The molecule has 2 aromatic heterocycles.